The van der Waals surface area contributed by atoms with Crippen molar-refractivity contribution < 1.29 is 13.6 Å². The lowest BCUT2D eigenvalue weighted by molar-refractivity contribution is 0.00360. The van der Waals surface area contributed by atoms with Crippen molar-refractivity contribution in [2.45, 2.75) is 25.9 Å². The third kappa shape index (κ3) is 3.71. The van der Waals surface area contributed by atoms with Crippen molar-refractivity contribution in [3.05, 3.63) is 64.2 Å². The van der Waals surface area contributed by atoms with E-state index in [0.717, 1.165) is 11.4 Å². The van der Waals surface area contributed by atoms with E-state index >= 15 is 0 Å². The molecule has 25 heavy (non-hydrogen) atoms. The number of rotatable bonds is 5. The van der Waals surface area contributed by atoms with Crippen LogP contribution >= 0.6 is 15.9 Å². The van der Waals surface area contributed by atoms with Crippen LogP contribution in [0.1, 0.15) is 17.3 Å². The van der Waals surface area contributed by atoms with Gasteiger partial charge < -0.3 is 9.13 Å². The van der Waals surface area contributed by atoms with Gasteiger partial charge in [0.05, 0.1) is 24.1 Å². The molecule has 0 bridgehead atoms. The summed E-state index contributed by atoms with van der Waals surface area (Å²) in [4.78, 5) is 12.5. The third-order valence-electron chi connectivity index (χ3n) is 3.88. The van der Waals surface area contributed by atoms with E-state index in [0.29, 0.717) is 16.6 Å². The fourth-order valence-electron chi connectivity index (χ4n) is 2.76. The van der Waals surface area contributed by atoms with Gasteiger partial charge in [0.1, 0.15) is 0 Å². The first-order valence-corrected chi connectivity index (χ1v) is 8.45. The molecule has 1 heterocycles. The Morgan fingerprint density at radius 2 is 1.64 bits per heavy atom. The van der Waals surface area contributed by atoms with Gasteiger partial charge in [0.25, 0.3) is 5.92 Å². The van der Waals surface area contributed by atoms with Gasteiger partial charge in [0.15, 0.2) is 5.78 Å². The van der Waals surface area contributed by atoms with Gasteiger partial charge in [-0.05, 0) is 24.3 Å². The summed E-state index contributed by atoms with van der Waals surface area (Å²) in [6.45, 7) is 0.133. The summed E-state index contributed by atoms with van der Waals surface area (Å²) < 4.78 is 30.6. The van der Waals surface area contributed by atoms with Gasteiger partial charge >= 0.3 is 0 Å². The van der Waals surface area contributed by atoms with Gasteiger partial charge in [0, 0.05) is 17.0 Å². The van der Waals surface area contributed by atoms with E-state index in [2.05, 4.69) is 15.9 Å². The fourth-order valence-corrected chi connectivity index (χ4v) is 3.03. The quantitative estimate of drug-likeness (QED) is 0.632. The summed E-state index contributed by atoms with van der Waals surface area (Å²) in [5.74, 6) is -3.14. The maximum Gasteiger partial charge on any atom is 0.263 e. The fraction of sp³-hybridized carbons (Fsp3) is 0.222. The van der Waals surface area contributed by atoms with E-state index in [1.165, 1.54) is 9.13 Å². The molecular formula is C18H16BrF2N3O. The number of nitrogens with zero attached hydrogens (tertiary/aromatic N) is 2. The molecular weight excluding hydrogens is 392 g/mol. The number of carbonyl (C=O) groups is 1. The molecule has 7 heteroatoms. The summed E-state index contributed by atoms with van der Waals surface area (Å²) in [5, 5.41) is 8.28. The van der Waals surface area contributed by atoms with Crippen LogP contribution in [0.15, 0.2) is 53.0 Å². The lowest BCUT2D eigenvalue weighted by Gasteiger charge is -2.11. The molecule has 3 rings (SSSR count). The van der Waals surface area contributed by atoms with Crippen molar-refractivity contribution in [1.82, 2.24) is 9.13 Å². The molecule has 0 aliphatic carbocycles. The van der Waals surface area contributed by atoms with Crippen LogP contribution < -0.4 is 5.62 Å². The zero-order valence-corrected chi connectivity index (χ0v) is 15.1. The molecule has 1 aromatic heterocycles. The summed E-state index contributed by atoms with van der Waals surface area (Å²) in [6, 6.07) is 13.8. The normalized spacial score (nSPS) is 11.8. The average molecular weight is 408 g/mol. The smallest absolute Gasteiger partial charge is 0.263 e. The highest BCUT2D eigenvalue weighted by Gasteiger charge is 2.25. The zero-order chi connectivity index (χ0) is 18.2. The number of Topliss-reactive ketones (excluding diaryl/α,β-unsaturated/α-hetero) is 1. The number of para-hydroxylation sites is 2. The molecule has 2 aromatic carbocycles. The molecule has 0 atom stereocenters. The number of alkyl halides is 2. The summed E-state index contributed by atoms with van der Waals surface area (Å²) in [7, 11) is 0. The number of nitrogens with one attached hydrogen (secondary N) is 1. The minimum absolute atomic E-state index is 0.0801. The molecule has 0 amide bonds. The predicted octanol–water partition coefficient (Wildman–Crippen LogP) is 4.22. The first-order valence-electron chi connectivity index (χ1n) is 7.65. The molecule has 0 aliphatic rings. The second-order valence-electron chi connectivity index (χ2n) is 5.98. The van der Waals surface area contributed by atoms with Gasteiger partial charge in [-0.3, -0.25) is 10.2 Å². The lowest BCUT2D eigenvalue weighted by atomic mass is 10.1. The van der Waals surface area contributed by atoms with Crippen LogP contribution in [-0.2, 0) is 13.1 Å². The Bertz CT molecular complexity index is 984. The number of carbonyl (C=O) groups excluding carboxylic acids is 1. The number of fused-ring (bicyclic) bond motifs is 1. The van der Waals surface area contributed by atoms with Crippen LogP contribution in [0, 0.1) is 5.41 Å². The third-order valence-corrected chi connectivity index (χ3v) is 4.41. The van der Waals surface area contributed by atoms with E-state index in [-0.39, 0.29) is 17.9 Å². The molecule has 0 unspecified atom stereocenters. The van der Waals surface area contributed by atoms with Crippen LogP contribution in [0.5, 0.6) is 0 Å². The van der Waals surface area contributed by atoms with Crippen molar-refractivity contribution in [2.75, 3.05) is 0 Å². The summed E-state index contributed by atoms with van der Waals surface area (Å²) in [6.07, 6.45) is 0. The Morgan fingerprint density at radius 1 is 1.08 bits per heavy atom. The van der Waals surface area contributed by atoms with Crippen LogP contribution in [-0.4, -0.2) is 20.8 Å². The van der Waals surface area contributed by atoms with Gasteiger partial charge in [-0.2, -0.15) is 0 Å². The molecule has 0 saturated carbocycles. The predicted molar refractivity (Wildman–Crippen MR) is 94.9 cm³/mol. The van der Waals surface area contributed by atoms with Crippen molar-refractivity contribution in [3.8, 4) is 0 Å². The molecule has 0 spiro atoms. The Hall–Kier alpha value is -2.28. The zero-order valence-electron chi connectivity index (χ0n) is 13.5. The van der Waals surface area contributed by atoms with Crippen LogP contribution in [0.2, 0.25) is 0 Å². The second-order valence-corrected chi connectivity index (χ2v) is 6.90. The summed E-state index contributed by atoms with van der Waals surface area (Å²) in [5.41, 5.74) is 1.49. The van der Waals surface area contributed by atoms with Gasteiger partial charge in [-0.15, -0.1) is 0 Å². The van der Waals surface area contributed by atoms with Crippen LogP contribution in [0.3, 0.4) is 0 Å². The van der Waals surface area contributed by atoms with Gasteiger partial charge in [0.2, 0.25) is 5.62 Å². The number of ketones is 1. The van der Waals surface area contributed by atoms with Crippen LogP contribution in [0.4, 0.5) is 8.78 Å². The number of hydrogen-bond donors (Lipinski definition) is 1. The highest BCUT2D eigenvalue weighted by atomic mass is 79.9. The number of benzene rings is 2. The highest BCUT2D eigenvalue weighted by molar-refractivity contribution is 9.10. The number of halogens is 3. The SMILES string of the molecule is CC(F)(F)Cn1c(=N)n(CC(=O)c2ccc(Br)cc2)c2ccccc21. The molecule has 130 valence electrons. The maximum atomic E-state index is 13.5. The van der Waals surface area contributed by atoms with Crippen molar-refractivity contribution >= 4 is 32.7 Å². The van der Waals surface area contributed by atoms with Gasteiger partial charge in [-0.25, -0.2) is 8.78 Å². The van der Waals surface area contributed by atoms with Crippen molar-refractivity contribution in [2.24, 2.45) is 0 Å². The highest BCUT2D eigenvalue weighted by Crippen LogP contribution is 2.19. The van der Waals surface area contributed by atoms with Crippen molar-refractivity contribution in [3.63, 3.8) is 0 Å². The number of imidazole rings is 1. The van der Waals surface area contributed by atoms with Crippen molar-refractivity contribution in [1.29, 1.82) is 5.41 Å². The monoisotopic (exact) mass is 407 g/mol. The van der Waals surface area contributed by atoms with E-state index in [1.54, 1.807) is 48.5 Å². The van der Waals surface area contributed by atoms with Gasteiger partial charge in [-0.1, -0.05) is 40.2 Å². The van der Waals surface area contributed by atoms with E-state index in [9.17, 15) is 13.6 Å². The molecule has 0 fully saturated rings. The Labute approximate surface area is 151 Å². The molecule has 3 aromatic rings. The maximum absolute atomic E-state index is 13.5. The Balaban J connectivity index is 2.04. The summed E-state index contributed by atoms with van der Waals surface area (Å²) >= 11 is 3.32. The molecule has 4 nitrogen and oxygen atoms in total. The molecule has 0 radical (unpaired) electrons. The van der Waals surface area contributed by atoms with Crippen LogP contribution in [0.25, 0.3) is 11.0 Å². The Morgan fingerprint density at radius 3 is 2.20 bits per heavy atom. The first kappa shape index (κ1) is 17.5. The molecule has 0 aliphatic heterocycles. The topological polar surface area (TPSA) is 50.8 Å². The first-order chi connectivity index (χ1) is 11.8. The minimum Gasteiger partial charge on any atom is -0.304 e. The number of aromatic nitrogens is 2. The van der Waals surface area contributed by atoms with E-state index < -0.39 is 12.5 Å². The largest absolute Gasteiger partial charge is 0.304 e. The van der Waals surface area contributed by atoms with E-state index in [4.69, 9.17) is 5.41 Å². The molecule has 1 N–H and O–H groups in total. The lowest BCUT2D eigenvalue weighted by Crippen LogP contribution is -2.32. The molecule has 0 saturated heterocycles. The Kier molecular flexibility index (Phi) is 4.60. The van der Waals surface area contributed by atoms with E-state index in [1.807, 2.05) is 0 Å². The standard InChI is InChI=1S/C18H16BrF2N3O/c1-18(20,21)11-24-15-5-3-2-4-14(15)23(17(24)22)10-16(25)12-6-8-13(19)9-7-12/h2-9,22H,10-11H2,1H3. The average Bonchev–Trinajstić information content (AvgIpc) is 2.80. The minimum atomic E-state index is -2.95. The second kappa shape index (κ2) is 6.55. The number of hydrogen-bond acceptors (Lipinski definition) is 2.